The molecule has 0 atom stereocenters. The van der Waals surface area contributed by atoms with Gasteiger partial charge < -0.3 is 28.6 Å². The minimum Gasteiger partial charge on any atom is -0.497 e. The molecule has 34 heavy (non-hydrogen) atoms. The molecular formula is C24H27F2N3O5. The number of alkyl halides is 2. The molecule has 3 rings (SSSR count). The quantitative estimate of drug-likeness (QED) is 0.383. The van der Waals surface area contributed by atoms with E-state index >= 15 is 0 Å². The highest BCUT2D eigenvalue weighted by atomic mass is 19.3. The molecule has 0 aliphatic heterocycles. The van der Waals surface area contributed by atoms with Gasteiger partial charge in [0.05, 0.1) is 28.4 Å². The Morgan fingerprint density at radius 3 is 1.50 bits per heavy atom. The fraction of sp³-hybridized carbons (Fsp3) is 0.333. The predicted molar refractivity (Wildman–Crippen MR) is 123 cm³/mol. The highest BCUT2D eigenvalue weighted by Gasteiger charge is 2.23. The maximum Gasteiger partial charge on any atom is 0.272 e. The number of ether oxygens (including phenoxy) is 5. The van der Waals surface area contributed by atoms with Gasteiger partial charge in [-0.3, -0.25) is 0 Å². The number of rotatable bonds is 12. The number of hydrogen-bond donors (Lipinski definition) is 0. The summed E-state index contributed by atoms with van der Waals surface area (Å²) in [6.07, 6.45) is -2.67. The average molecular weight is 475 g/mol. The monoisotopic (exact) mass is 475 g/mol. The fourth-order valence-corrected chi connectivity index (χ4v) is 3.19. The van der Waals surface area contributed by atoms with E-state index in [1.165, 1.54) is 14.2 Å². The molecule has 0 saturated carbocycles. The highest BCUT2D eigenvalue weighted by molar-refractivity contribution is 5.49. The molecule has 0 aliphatic rings. The number of nitrogens with zero attached hydrogens (tertiary/aromatic N) is 3. The van der Waals surface area contributed by atoms with Gasteiger partial charge in [0.25, 0.3) is 18.2 Å². The van der Waals surface area contributed by atoms with E-state index in [9.17, 15) is 8.78 Å². The summed E-state index contributed by atoms with van der Waals surface area (Å²) in [6.45, 7) is 0.0516. The zero-order valence-electron chi connectivity index (χ0n) is 19.5. The molecule has 0 amide bonds. The van der Waals surface area contributed by atoms with Crippen LogP contribution in [0.3, 0.4) is 0 Å². The summed E-state index contributed by atoms with van der Waals surface area (Å²) in [5.41, 5.74) is 1.96. The summed E-state index contributed by atoms with van der Waals surface area (Å²) < 4.78 is 51.7. The highest BCUT2D eigenvalue weighted by Crippen LogP contribution is 2.36. The van der Waals surface area contributed by atoms with Crippen LogP contribution in [-0.4, -0.2) is 51.4 Å². The Kier molecular flexibility index (Phi) is 8.66. The lowest BCUT2D eigenvalue weighted by atomic mass is 10.1. The van der Waals surface area contributed by atoms with E-state index < -0.39 is 13.0 Å². The van der Waals surface area contributed by atoms with Gasteiger partial charge in [0, 0.05) is 13.1 Å². The number of aromatic nitrogens is 2. The second kappa shape index (κ2) is 11.9. The smallest absolute Gasteiger partial charge is 0.272 e. The molecule has 10 heteroatoms. The molecule has 0 saturated heterocycles. The summed E-state index contributed by atoms with van der Waals surface area (Å²) in [7, 11) is 5.96. The number of benzene rings is 2. The van der Waals surface area contributed by atoms with E-state index in [0.29, 0.717) is 13.1 Å². The maximum atomic E-state index is 12.7. The molecule has 0 N–H and O–H groups in total. The SMILES string of the molecule is COc1ccc(CN(Cc2ccc(OC)cc2)c2nc(OC)c(OCC(F)F)c(OC)n2)cc1. The standard InChI is InChI=1S/C24H27F2N3O5/c1-30-18-9-5-16(6-10-18)13-29(14-17-7-11-19(31-2)12-8-17)24-27-22(32-3)21(23(28-24)33-4)34-15-20(25)26/h5-12,20H,13-15H2,1-4H3. The summed E-state index contributed by atoms with van der Waals surface area (Å²) >= 11 is 0. The lowest BCUT2D eigenvalue weighted by molar-refractivity contribution is 0.0780. The molecule has 0 fully saturated rings. The minimum atomic E-state index is -2.67. The first kappa shape index (κ1) is 24.8. The lowest BCUT2D eigenvalue weighted by Crippen LogP contribution is -2.25. The Bertz CT molecular complexity index is 975. The van der Waals surface area contributed by atoms with Crippen molar-refractivity contribution < 1.29 is 32.5 Å². The van der Waals surface area contributed by atoms with Gasteiger partial charge in [0.15, 0.2) is 0 Å². The van der Waals surface area contributed by atoms with Crippen LogP contribution in [-0.2, 0) is 13.1 Å². The van der Waals surface area contributed by atoms with Gasteiger partial charge in [-0.15, -0.1) is 0 Å². The molecule has 0 unspecified atom stereocenters. The molecule has 1 aromatic heterocycles. The van der Waals surface area contributed by atoms with Crippen molar-refractivity contribution in [3.8, 4) is 29.0 Å². The van der Waals surface area contributed by atoms with E-state index in [1.807, 2.05) is 53.4 Å². The van der Waals surface area contributed by atoms with Crippen molar-refractivity contribution >= 4 is 5.95 Å². The van der Waals surface area contributed by atoms with E-state index in [1.54, 1.807) is 14.2 Å². The third-order valence-electron chi connectivity index (χ3n) is 4.88. The van der Waals surface area contributed by atoms with Crippen molar-refractivity contribution in [2.45, 2.75) is 19.5 Å². The van der Waals surface area contributed by atoms with Crippen LogP contribution in [0.1, 0.15) is 11.1 Å². The average Bonchev–Trinajstić information content (AvgIpc) is 2.87. The third kappa shape index (κ3) is 6.37. The maximum absolute atomic E-state index is 12.7. The van der Waals surface area contributed by atoms with Crippen LogP contribution in [0.5, 0.6) is 29.0 Å². The van der Waals surface area contributed by atoms with Crippen LogP contribution in [0.25, 0.3) is 0 Å². The normalized spacial score (nSPS) is 10.7. The molecule has 0 aliphatic carbocycles. The van der Waals surface area contributed by atoms with Gasteiger partial charge in [-0.25, -0.2) is 8.78 Å². The first-order valence-electron chi connectivity index (χ1n) is 10.4. The molecule has 2 aromatic carbocycles. The molecule has 1 heterocycles. The zero-order valence-corrected chi connectivity index (χ0v) is 19.5. The number of hydrogen-bond acceptors (Lipinski definition) is 8. The topological polar surface area (TPSA) is 75.2 Å². The Balaban J connectivity index is 1.98. The van der Waals surface area contributed by atoms with Crippen LogP contribution in [0.2, 0.25) is 0 Å². The molecule has 0 bridgehead atoms. The lowest BCUT2D eigenvalue weighted by Gasteiger charge is -2.24. The second-order valence-electron chi connectivity index (χ2n) is 7.13. The summed E-state index contributed by atoms with van der Waals surface area (Å²) in [4.78, 5) is 10.8. The van der Waals surface area contributed by atoms with E-state index in [0.717, 1.165) is 22.6 Å². The van der Waals surface area contributed by atoms with Crippen molar-refractivity contribution in [2.75, 3.05) is 39.9 Å². The molecule has 0 spiro atoms. The Morgan fingerprint density at radius 2 is 1.15 bits per heavy atom. The van der Waals surface area contributed by atoms with Gasteiger partial charge in [-0.1, -0.05) is 24.3 Å². The Labute approximate surface area is 197 Å². The van der Waals surface area contributed by atoms with Crippen molar-refractivity contribution in [1.82, 2.24) is 9.97 Å². The van der Waals surface area contributed by atoms with Crippen LogP contribution in [0, 0.1) is 0 Å². The first-order valence-corrected chi connectivity index (χ1v) is 10.4. The van der Waals surface area contributed by atoms with Crippen LogP contribution < -0.4 is 28.6 Å². The van der Waals surface area contributed by atoms with Crippen molar-refractivity contribution in [2.24, 2.45) is 0 Å². The molecule has 182 valence electrons. The van der Waals surface area contributed by atoms with Gasteiger partial charge in [-0.05, 0) is 35.4 Å². The van der Waals surface area contributed by atoms with E-state index in [2.05, 4.69) is 9.97 Å². The van der Waals surface area contributed by atoms with Crippen molar-refractivity contribution in [3.05, 3.63) is 59.7 Å². The Hall–Kier alpha value is -3.82. The number of methoxy groups -OCH3 is 4. The van der Waals surface area contributed by atoms with E-state index in [-0.39, 0.29) is 23.5 Å². The van der Waals surface area contributed by atoms with Gasteiger partial charge in [0.1, 0.15) is 18.1 Å². The summed E-state index contributed by atoms with van der Waals surface area (Å²) in [5.74, 6) is 1.68. The number of halogens is 2. The zero-order chi connectivity index (χ0) is 24.5. The second-order valence-corrected chi connectivity index (χ2v) is 7.13. The molecular weight excluding hydrogens is 448 g/mol. The number of anilines is 1. The van der Waals surface area contributed by atoms with Crippen LogP contribution in [0.15, 0.2) is 48.5 Å². The van der Waals surface area contributed by atoms with Crippen LogP contribution in [0.4, 0.5) is 14.7 Å². The third-order valence-corrected chi connectivity index (χ3v) is 4.88. The Morgan fingerprint density at radius 1 is 0.706 bits per heavy atom. The van der Waals surface area contributed by atoms with E-state index in [4.69, 9.17) is 23.7 Å². The fourth-order valence-electron chi connectivity index (χ4n) is 3.19. The molecule has 3 aromatic rings. The van der Waals surface area contributed by atoms with Gasteiger partial charge in [0.2, 0.25) is 11.7 Å². The predicted octanol–water partition coefficient (Wildman–Crippen LogP) is 4.36. The minimum absolute atomic E-state index is 0.00281. The first-order chi connectivity index (χ1) is 16.5. The molecule has 0 radical (unpaired) electrons. The van der Waals surface area contributed by atoms with Crippen molar-refractivity contribution in [1.29, 1.82) is 0 Å². The van der Waals surface area contributed by atoms with Crippen LogP contribution >= 0.6 is 0 Å². The van der Waals surface area contributed by atoms with Gasteiger partial charge in [-0.2, -0.15) is 9.97 Å². The largest absolute Gasteiger partial charge is 0.497 e. The molecule has 8 nitrogen and oxygen atoms in total. The van der Waals surface area contributed by atoms with Crippen molar-refractivity contribution in [3.63, 3.8) is 0 Å². The summed E-state index contributed by atoms with van der Waals surface area (Å²) in [6, 6.07) is 15.2. The summed E-state index contributed by atoms with van der Waals surface area (Å²) in [5, 5.41) is 0. The van der Waals surface area contributed by atoms with Gasteiger partial charge >= 0.3 is 0 Å².